The van der Waals surface area contributed by atoms with Crippen LogP contribution < -0.4 is 4.74 Å². The van der Waals surface area contributed by atoms with E-state index >= 15 is 0 Å². The second-order valence-corrected chi connectivity index (χ2v) is 4.52. The summed E-state index contributed by atoms with van der Waals surface area (Å²) in [6.45, 7) is 3.49. The van der Waals surface area contributed by atoms with Crippen molar-refractivity contribution in [3.05, 3.63) is 63.2 Å². The minimum absolute atomic E-state index is 0.0308. The maximum atomic E-state index is 10.9. The Morgan fingerprint density at radius 2 is 1.95 bits per heavy atom. The predicted molar refractivity (Wildman–Crippen MR) is 75.0 cm³/mol. The molecule has 2 aromatic rings. The van der Waals surface area contributed by atoms with E-state index in [1.54, 1.807) is 31.2 Å². The van der Waals surface area contributed by atoms with Gasteiger partial charge in [-0.3, -0.25) is 10.1 Å². The highest BCUT2D eigenvalue weighted by molar-refractivity contribution is 5.50. The Morgan fingerprint density at radius 1 is 1.20 bits per heavy atom. The number of hydrogen-bond donors (Lipinski definition) is 1. The highest BCUT2D eigenvalue weighted by Crippen LogP contribution is 2.32. The highest BCUT2D eigenvalue weighted by atomic mass is 16.6. The van der Waals surface area contributed by atoms with Gasteiger partial charge in [-0.2, -0.15) is 0 Å². The highest BCUT2D eigenvalue weighted by Gasteiger charge is 2.15. The quantitative estimate of drug-likeness (QED) is 0.683. The smallest absolute Gasteiger partial charge is 0.276 e. The molecule has 0 aliphatic carbocycles. The maximum absolute atomic E-state index is 10.9. The van der Waals surface area contributed by atoms with Crippen molar-refractivity contribution in [2.24, 2.45) is 0 Å². The van der Waals surface area contributed by atoms with Crippen molar-refractivity contribution in [3.8, 4) is 11.5 Å². The van der Waals surface area contributed by atoms with E-state index in [0.717, 1.165) is 11.1 Å². The van der Waals surface area contributed by atoms with Crippen molar-refractivity contribution in [2.75, 3.05) is 0 Å². The largest absolute Gasteiger partial charge is 0.457 e. The Labute approximate surface area is 116 Å². The van der Waals surface area contributed by atoms with Crippen LogP contribution in [0.4, 0.5) is 5.69 Å². The first-order valence-electron chi connectivity index (χ1n) is 6.15. The molecule has 0 unspecified atom stereocenters. The number of aryl methyl sites for hydroxylation is 1. The number of rotatable bonds is 4. The van der Waals surface area contributed by atoms with Crippen molar-refractivity contribution in [2.45, 2.75) is 20.5 Å². The lowest BCUT2D eigenvalue weighted by atomic mass is 10.1. The lowest BCUT2D eigenvalue weighted by Crippen LogP contribution is -1.96. The second-order valence-electron chi connectivity index (χ2n) is 4.52. The van der Waals surface area contributed by atoms with Crippen LogP contribution in [0.3, 0.4) is 0 Å². The van der Waals surface area contributed by atoms with E-state index in [1.165, 1.54) is 6.07 Å². The molecule has 0 bridgehead atoms. The van der Waals surface area contributed by atoms with Crippen LogP contribution in [-0.2, 0) is 6.61 Å². The molecule has 0 fully saturated rings. The fourth-order valence-corrected chi connectivity index (χ4v) is 1.95. The first-order valence-corrected chi connectivity index (χ1v) is 6.15. The molecule has 0 aromatic heterocycles. The van der Waals surface area contributed by atoms with Gasteiger partial charge in [0.1, 0.15) is 11.5 Å². The van der Waals surface area contributed by atoms with E-state index in [9.17, 15) is 10.1 Å². The van der Waals surface area contributed by atoms with Gasteiger partial charge in [-0.25, -0.2) is 0 Å². The molecule has 0 amide bonds. The molecule has 0 saturated carbocycles. The fourth-order valence-electron chi connectivity index (χ4n) is 1.95. The Hall–Kier alpha value is -2.40. The van der Waals surface area contributed by atoms with Gasteiger partial charge < -0.3 is 9.84 Å². The molecule has 1 N–H and O–H groups in total. The van der Waals surface area contributed by atoms with E-state index in [4.69, 9.17) is 9.84 Å². The monoisotopic (exact) mass is 273 g/mol. The summed E-state index contributed by atoms with van der Waals surface area (Å²) in [7, 11) is 0. The van der Waals surface area contributed by atoms with E-state index < -0.39 is 4.92 Å². The molecule has 0 heterocycles. The molecule has 5 nitrogen and oxygen atoms in total. The van der Waals surface area contributed by atoms with E-state index in [0.29, 0.717) is 17.1 Å². The number of aliphatic hydroxyl groups is 1. The summed E-state index contributed by atoms with van der Waals surface area (Å²) >= 11 is 0. The maximum Gasteiger partial charge on any atom is 0.276 e. The van der Waals surface area contributed by atoms with Gasteiger partial charge in [-0.1, -0.05) is 18.2 Å². The molecule has 0 radical (unpaired) electrons. The van der Waals surface area contributed by atoms with Crippen LogP contribution in [-0.4, -0.2) is 10.0 Å². The number of ether oxygens (including phenoxy) is 1. The molecule has 0 aliphatic rings. The minimum atomic E-state index is -0.427. The number of nitro benzene ring substituents is 1. The van der Waals surface area contributed by atoms with Crippen molar-refractivity contribution >= 4 is 5.69 Å². The zero-order valence-corrected chi connectivity index (χ0v) is 11.3. The molecule has 20 heavy (non-hydrogen) atoms. The number of aliphatic hydroxyl groups excluding tert-OH is 1. The zero-order valence-electron chi connectivity index (χ0n) is 11.3. The summed E-state index contributed by atoms with van der Waals surface area (Å²) in [5, 5.41) is 20.0. The molecular weight excluding hydrogens is 258 g/mol. The molecule has 104 valence electrons. The van der Waals surface area contributed by atoms with E-state index in [-0.39, 0.29) is 12.3 Å². The molecular formula is C15H15NO4. The average Bonchev–Trinajstić information content (AvgIpc) is 2.42. The minimum Gasteiger partial charge on any atom is -0.457 e. The number of nitrogens with zero attached hydrogens (tertiary/aromatic N) is 1. The van der Waals surface area contributed by atoms with Crippen LogP contribution in [0.15, 0.2) is 36.4 Å². The number of nitro groups is 1. The van der Waals surface area contributed by atoms with Crippen molar-refractivity contribution in [1.29, 1.82) is 0 Å². The van der Waals surface area contributed by atoms with Crippen molar-refractivity contribution in [1.82, 2.24) is 0 Å². The Kier molecular flexibility index (Phi) is 4.00. The van der Waals surface area contributed by atoms with Gasteiger partial charge in [0.15, 0.2) is 0 Å². The van der Waals surface area contributed by atoms with Crippen LogP contribution in [0.2, 0.25) is 0 Å². The summed E-state index contributed by atoms with van der Waals surface area (Å²) < 4.78 is 5.74. The Bertz CT molecular complexity index is 652. The van der Waals surface area contributed by atoms with Gasteiger partial charge in [0.2, 0.25) is 0 Å². The van der Waals surface area contributed by atoms with Gasteiger partial charge in [0, 0.05) is 6.07 Å². The zero-order chi connectivity index (χ0) is 14.7. The molecule has 0 aliphatic heterocycles. The molecule has 0 atom stereocenters. The fraction of sp³-hybridized carbons (Fsp3) is 0.200. The molecule has 2 aromatic carbocycles. The lowest BCUT2D eigenvalue weighted by Gasteiger charge is -2.11. The van der Waals surface area contributed by atoms with Gasteiger partial charge in [0.05, 0.1) is 17.1 Å². The average molecular weight is 273 g/mol. The third kappa shape index (κ3) is 2.78. The van der Waals surface area contributed by atoms with Crippen LogP contribution in [0.1, 0.15) is 16.7 Å². The van der Waals surface area contributed by atoms with E-state index in [2.05, 4.69) is 0 Å². The molecule has 0 spiro atoms. The van der Waals surface area contributed by atoms with Gasteiger partial charge in [0.25, 0.3) is 5.69 Å². The SMILES string of the molecule is Cc1cc(CO)ccc1Oc1cccc([N+](=O)[O-])c1C. The van der Waals surface area contributed by atoms with E-state index in [1.807, 2.05) is 13.0 Å². The Balaban J connectivity index is 2.35. The third-order valence-corrected chi connectivity index (χ3v) is 3.09. The van der Waals surface area contributed by atoms with Gasteiger partial charge in [-0.05, 0) is 37.1 Å². The normalized spacial score (nSPS) is 10.3. The summed E-state index contributed by atoms with van der Waals surface area (Å²) in [4.78, 5) is 10.5. The number of hydrogen-bond acceptors (Lipinski definition) is 4. The molecule has 2 rings (SSSR count). The van der Waals surface area contributed by atoms with Crippen molar-refractivity contribution < 1.29 is 14.8 Å². The van der Waals surface area contributed by atoms with Gasteiger partial charge >= 0.3 is 0 Å². The number of benzene rings is 2. The lowest BCUT2D eigenvalue weighted by molar-refractivity contribution is -0.385. The third-order valence-electron chi connectivity index (χ3n) is 3.09. The molecule has 5 heteroatoms. The van der Waals surface area contributed by atoms with Crippen LogP contribution in [0, 0.1) is 24.0 Å². The van der Waals surface area contributed by atoms with Crippen LogP contribution >= 0.6 is 0 Å². The first-order chi connectivity index (χ1) is 9.52. The van der Waals surface area contributed by atoms with Crippen LogP contribution in [0.25, 0.3) is 0 Å². The van der Waals surface area contributed by atoms with Crippen LogP contribution in [0.5, 0.6) is 11.5 Å². The molecule has 0 saturated heterocycles. The first kappa shape index (κ1) is 14.0. The van der Waals surface area contributed by atoms with Crippen molar-refractivity contribution in [3.63, 3.8) is 0 Å². The second kappa shape index (κ2) is 5.71. The summed E-state index contributed by atoms with van der Waals surface area (Å²) in [5.74, 6) is 1.07. The standard InChI is InChI=1S/C15H15NO4/c1-10-8-12(9-17)6-7-14(10)20-15-5-3-4-13(11(15)2)16(18)19/h3-8,17H,9H2,1-2H3. The van der Waals surface area contributed by atoms with Gasteiger partial charge in [-0.15, -0.1) is 0 Å². The Morgan fingerprint density at radius 3 is 2.55 bits per heavy atom. The summed E-state index contributed by atoms with van der Waals surface area (Å²) in [6, 6.07) is 10.1. The summed E-state index contributed by atoms with van der Waals surface area (Å²) in [6.07, 6.45) is 0. The topological polar surface area (TPSA) is 72.6 Å². The predicted octanol–water partition coefficient (Wildman–Crippen LogP) is 3.50. The summed E-state index contributed by atoms with van der Waals surface area (Å²) in [5.41, 5.74) is 2.18.